The molecule has 2 nitrogen and oxygen atoms in total. The topological polar surface area (TPSA) is 37.3 Å². The summed E-state index contributed by atoms with van der Waals surface area (Å²) < 4.78 is 0. The standard InChI is InChI=1S/C9H14O2/c1-7-3-2-4-8(5-7)6-9(10)11/h5,7H,2-4,6H2,1H3,(H,10,11)/t7-/m1/s1. The molecule has 1 aliphatic rings. The molecule has 11 heavy (non-hydrogen) atoms. The van der Waals surface area contributed by atoms with Crippen molar-refractivity contribution in [1.29, 1.82) is 0 Å². The summed E-state index contributed by atoms with van der Waals surface area (Å²) in [4.78, 5) is 10.3. The highest BCUT2D eigenvalue weighted by Crippen LogP contribution is 2.24. The Balaban J connectivity index is 2.49. The molecule has 0 unspecified atom stereocenters. The maximum absolute atomic E-state index is 10.3. The molecule has 1 aliphatic carbocycles. The first-order valence-electron chi connectivity index (χ1n) is 4.10. The monoisotopic (exact) mass is 154 g/mol. The van der Waals surface area contributed by atoms with Crippen molar-refractivity contribution in [2.75, 3.05) is 0 Å². The van der Waals surface area contributed by atoms with Crippen LogP contribution in [0.3, 0.4) is 0 Å². The minimum Gasteiger partial charge on any atom is -0.481 e. The average Bonchev–Trinajstić information content (AvgIpc) is 1.85. The number of rotatable bonds is 2. The van der Waals surface area contributed by atoms with E-state index in [1.165, 1.54) is 6.42 Å². The first kappa shape index (κ1) is 8.31. The van der Waals surface area contributed by atoms with Crippen LogP contribution in [0.2, 0.25) is 0 Å². The lowest BCUT2D eigenvalue weighted by Gasteiger charge is -2.15. The van der Waals surface area contributed by atoms with Gasteiger partial charge in [0.15, 0.2) is 0 Å². The molecule has 0 amide bonds. The minimum atomic E-state index is -0.703. The summed E-state index contributed by atoms with van der Waals surface area (Å²) in [5, 5.41) is 8.51. The Hall–Kier alpha value is -0.790. The highest BCUT2D eigenvalue weighted by molar-refractivity contribution is 5.70. The molecule has 0 saturated heterocycles. The van der Waals surface area contributed by atoms with Crippen LogP contribution in [0.25, 0.3) is 0 Å². The van der Waals surface area contributed by atoms with Crippen LogP contribution in [-0.4, -0.2) is 11.1 Å². The highest BCUT2D eigenvalue weighted by Gasteiger charge is 2.11. The average molecular weight is 154 g/mol. The van der Waals surface area contributed by atoms with Gasteiger partial charge in [0, 0.05) is 0 Å². The number of carbonyl (C=O) groups is 1. The lowest BCUT2D eigenvalue weighted by molar-refractivity contribution is -0.136. The third-order valence-electron chi connectivity index (χ3n) is 2.06. The zero-order chi connectivity index (χ0) is 8.27. The fraction of sp³-hybridized carbons (Fsp3) is 0.667. The van der Waals surface area contributed by atoms with Gasteiger partial charge in [-0.15, -0.1) is 0 Å². The van der Waals surface area contributed by atoms with Gasteiger partial charge in [0.05, 0.1) is 6.42 Å². The van der Waals surface area contributed by atoms with Crippen LogP contribution in [0.15, 0.2) is 11.6 Å². The third kappa shape index (κ3) is 2.74. The summed E-state index contributed by atoms with van der Waals surface area (Å²) in [5.41, 5.74) is 1.11. The van der Waals surface area contributed by atoms with Crippen molar-refractivity contribution in [2.24, 2.45) is 5.92 Å². The van der Waals surface area contributed by atoms with Crippen molar-refractivity contribution in [2.45, 2.75) is 32.6 Å². The fourth-order valence-corrected chi connectivity index (χ4v) is 1.56. The minimum absolute atomic E-state index is 0.240. The van der Waals surface area contributed by atoms with Gasteiger partial charge in [0.25, 0.3) is 0 Å². The number of hydrogen-bond donors (Lipinski definition) is 1. The molecule has 0 aromatic rings. The van der Waals surface area contributed by atoms with Crippen LogP contribution in [-0.2, 0) is 4.79 Å². The van der Waals surface area contributed by atoms with Crippen LogP contribution in [0, 0.1) is 5.92 Å². The maximum atomic E-state index is 10.3. The molecule has 1 atom stereocenters. The summed E-state index contributed by atoms with van der Waals surface area (Å²) in [7, 11) is 0. The molecule has 2 heteroatoms. The molecule has 0 bridgehead atoms. The van der Waals surface area contributed by atoms with E-state index in [9.17, 15) is 4.79 Å². The SMILES string of the molecule is C[C@H]1C=C(CC(=O)O)CCC1. The second kappa shape index (κ2) is 3.56. The predicted octanol–water partition coefficient (Wildman–Crippen LogP) is 2.21. The fourth-order valence-electron chi connectivity index (χ4n) is 1.56. The van der Waals surface area contributed by atoms with Gasteiger partial charge in [-0.2, -0.15) is 0 Å². The number of hydrogen-bond acceptors (Lipinski definition) is 1. The second-order valence-electron chi connectivity index (χ2n) is 3.26. The Morgan fingerprint density at radius 1 is 1.82 bits per heavy atom. The van der Waals surface area contributed by atoms with E-state index in [0.29, 0.717) is 5.92 Å². The summed E-state index contributed by atoms with van der Waals surface area (Å²) in [6.45, 7) is 2.14. The van der Waals surface area contributed by atoms with Gasteiger partial charge in [-0.3, -0.25) is 4.79 Å². The van der Waals surface area contributed by atoms with Crippen molar-refractivity contribution >= 4 is 5.97 Å². The number of aliphatic carboxylic acids is 1. The summed E-state index contributed by atoms with van der Waals surface area (Å²) in [6.07, 6.45) is 5.70. The summed E-state index contributed by atoms with van der Waals surface area (Å²) in [6, 6.07) is 0. The Kier molecular flexibility index (Phi) is 2.69. The van der Waals surface area contributed by atoms with Crippen LogP contribution in [0.5, 0.6) is 0 Å². The van der Waals surface area contributed by atoms with Crippen LogP contribution >= 0.6 is 0 Å². The van der Waals surface area contributed by atoms with Crippen molar-refractivity contribution in [3.63, 3.8) is 0 Å². The predicted molar refractivity (Wildman–Crippen MR) is 43.4 cm³/mol. The molecule has 62 valence electrons. The first-order chi connectivity index (χ1) is 5.18. The zero-order valence-corrected chi connectivity index (χ0v) is 6.84. The Morgan fingerprint density at radius 2 is 2.55 bits per heavy atom. The first-order valence-corrected chi connectivity index (χ1v) is 4.10. The lowest BCUT2D eigenvalue weighted by atomic mass is 9.90. The largest absolute Gasteiger partial charge is 0.481 e. The molecule has 1 rings (SSSR count). The molecule has 0 radical (unpaired) electrons. The molecule has 0 fully saturated rings. The summed E-state index contributed by atoms with van der Waals surface area (Å²) >= 11 is 0. The Morgan fingerprint density at radius 3 is 3.09 bits per heavy atom. The Bertz CT molecular complexity index is 182. The lowest BCUT2D eigenvalue weighted by Crippen LogP contribution is -2.04. The Labute approximate surface area is 66.9 Å². The van der Waals surface area contributed by atoms with Gasteiger partial charge < -0.3 is 5.11 Å². The maximum Gasteiger partial charge on any atom is 0.307 e. The molecular weight excluding hydrogens is 140 g/mol. The quantitative estimate of drug-likeness (QED) is 0.619. The van der Waals surface area contributed by atoms with E-state index in [2.05, 4.69) is 13.0 Å². The zero-order valence-electron chi connectivity index (χ0n) is 6.84. The molecular formula is C9H14O2. The molecule has 0 aromatic heterocycles. The van der Waals surface area contributed by atoms with E-state index in [1.807, 2.05) is 0 Å². The van der Waals surface area contributed by atoms with Crippen LogP contribution in [0.4, 0.5) is 0 Å². The molecule has 0 heterocycles. The van der Waals surface area contributed by atoms with Gasteiger partial charge in [-0.1, -0.05) is 18.6 Å². The van der Waals surface area contributed by atoms with Crippen LogP contribution < -0.4 is 0 Å². The smallest absolute Gasteiger partial charge is 0.307 e. The van der Waals surface area contributed by atoms with Crippen molar-refractivity contribution < 1.29 is 9.90 Å². The van der Waals surface area contributed by atoms with Gasteiger partial charge in [0.2, 0.25) is 0 Å². The normalized spacial score (nSPS) is 24.5. The van der Waals surface area contributed by atoms with E-state index < -0.39 is 5.97 Å². The van der Waals surface area contributed by atoms with Crippen LogP contribution in [0.1, 0.15) is 32.6 Å². The van der Waals surface area contributed by atoms with Crippen molar-refractivity contribution in [1.82, 2.24) is 0 Å². The number of allylic oxidation sites excluding steroid dienone is 1. The van der Waals surface area contributed by atoms with Gasteiger partial charge in [-0.25, -0.2) is 0 Å². The molecule has 0 saturated carbocycles. The van der Waals surface area contributed by atoms with E-state index in [0.717, 1.165) is 18.4 Å². The van der Waals surface area contributed by atoms with E-state index in [1.54, 1.807) is 0 Å². The van der Waals surface area contributed by atoms with Gasteiger partial charge in [-0.05, 0) is 25.2 Å². The van der Waals surface area contributed by atoms with E-state index >= 15 is 0 Å². The molecule has 0 spiro atoms. The molecule has 0 aliphatic heterocycles. The van der Waals surface area contributed by atoms with Gasteiger partial charge in [0.1, 0.15) is 0 Å². The van der Waals surface area contributed by atoms with Crippen molar-refractivity contribution in [3.8, 4) is 0 Å². The molecule has 1 N–H and O–H groups in total. The van der Waals surface area contributed by atoms with E-state index in [-0.39, 0.29) is 6.42 Å². The number of carboxylic acids is 1. The molecule has 0 aromatic carbocycles. The number of carboxylic acid groups (broad SMARTS) is 1. The van der Waals surface area contributed by atoms with E-state index in [4.69, 9.17) is 5.11 Å². The van der Waals surface area contributed by atoms with Crippen molar-refractivity contribution in [3.05, 3.63) is 11.6 Å². The van der Waals surface area contributed by atoms with Gasteiger partial charge >= 0.3 is 5.97 Å². The highest BCUT2D eigenvalue weighted by atomic mass is 16.4. The summed E-state index contributed by atoms with van der Waals surface area (Å²) in [5.74, 6) is -0.122. The second-order valence-corrected chi connectivity index (χ2v) is 3.26. The third-order valence-corrected chi connectivity index (χ3v) is 2.06.